The molecule has 1 aliphatic heterocycles. The van der Waals surface area contributed by atoms with E-state index < -0.39 is 42.6 Å². The Labute approximate surface area is 205 Å². The van der Waals surface area contributed by atoms with E-state index in [0.717, 1.165) is 24.4 Å². The minimum Gasteiger partial charge on any atom is -0.384 e. The first kappa shape index (κ1) is 25.8. The van der Waals surface area contributed by atoms with E-state index >= 15 is 0 Å². The molecule has 1 fully saturated rings. The van der Waals surface area contributed by atoms with Crippen LogP contribution in [0.5, 0.6) is 0 Å². The summed E-state index contributed by atoms with van der Waals surface area (Å²) in [7, 11) is -4.38. The van der Waals surface area contributed by atoms with Crippen LogP contribution in [-0.4, -0.2) is 49.7 Å². The van der Waals surface area contributed by atoms with Crippen LogP contribution in [0.1, 0.15) is 25.1 Å². The summed E-state index contributed by atoms with van der Waals surface area (Å²) < 4.78 is 86.7. The number of benzene rings is 1. The zero-order valence-electron chi connectivity index (χ0n) is 19.4. The molecular formula is C23H23F4N5O3S. The monoisotopic (exact) mass is 525 g/mol. The lowest BCUT2D eigenvalue weighted by Gasteiger charge is -2.30. The number of nitrogen functional groups attached to an aromatic ring is 1. The molecule has 0 radical (unpaired) electrons. The Morgan fingerprint density at radius 3 is 2.36 bits per heavy atom. The summed E-state index contributed by atoms with van der Waals surface area (Å²) in [4.78, 5) is 13.7. The first-order chi connectivity index (χ1) is 16.8. The zero-order chi connectivity index (χ0) is 26.3. The Balaban J connectivity index is 1.95. The lowest BCUT2D eigenvalue weighted by atomic mass is 10.0. The molecule has 0 aliphatic carbocycles. The molecule has 0 unspecified atom stereocenters. The van der Waals surface area contributed by atoms with Crippen molar-refractivity contribution >= 4 is 21.6 Å². The molecule has 36 heavy (non-hydrogen) atoms. The molecule has 13 heteroatoms. The SMILES string of the molecule is CC(C)(c1cc(-c2cnc(N)cc2C(F)(F)F)nc(N2CCOCC2)n1)S(=O)(=O)c1ccccc1F. The number of sulfone groups is 1. The molecule has 1 saturated heterocycles. The third-order valence-corrected chi connectivity index (χ3v) is 8.39. The van der Waals surface area contributed by atoms with Gasteiger partial charge in [-0.15, -0.1) is 0 Å². The number of halogens is 4. The van der Waals surface area contributed by atoms with Crippen LogP contribution in [-0.2, 0) is 25.5 Å². The minimum absolute atomic E-state index is 0.0209. The summed E-state index contributed by atoms with van der Waals surface area (Å²) in [6.07, 6.45) is -3.85. The standard InChI is InChI=1S/C23H23F4N5O3S/c1-22(2,36(33,34)18-6-4-3-5-16(18)24)19-12-17(30-21(31-19)32-7-9-35-10-8-32)14-13-29-20(28)11-15(14)23(25,26)27/h3-6,11-13H,7-10H2,1-2H3,(H2,28,29). The van der Waals surface area contributed by atoms with Crippen molar-refractivity contribution < 1.29 is 30.7 Å². The summed E-state index contributed by atoms with van der Waals surface area (Å²) >= 11 is 0. The fraction of sp³-hybridized carbons (Fsp3) is 0.348. The summed E-state index contributed by atoms with van der Waals surface area (Å²) in [5.74, 6) is -1.26. The zero-order valence-corrected chi connectivity index (χ0v) is 20.2. The fourth-order valence-electron chi connectivity index (χ4n) is 3.77. The Morgan fingerprint density at radius 1 is 1.06 bits per heavy atom. The Hall–Kier alpha value is -3.32. The molecule has 4 rings (SSSR count). The van der Waals surface area contributed by atoms with Gasteiger partial charge in [0.15, 0.2) is 9.84 Å². The van der Waals surface area contributed by atoms with E-state index in [1.54, 1.807) is 4.90 Å². The highest BCUT2D eigenvalue weighted by Gasteiger charge is 2.42. The van der Waals surface area contributed by atoms with Gasteiger partial charge in [0.05, 0.1) is 30.2 Å². The summed E-state index contributed by atoms with van der Waals surface area (Å²) in [6.45, 7) is 3.98. The van der Waals surface area contributed by atoms with Crippen molar-refractivity contribution in [1.29, 1.82) is 0 Å². The van der Waals surface area contributed by atoms with E-state index in [4.69, 9.17) is 10.5 Å². The number of nitrogens with two attached hydrogens (primary N) is 1. The topological polar surface area (TPSA) is 111 Å². The third-order valence-electron chi connectivity index (χ3n) is 5.93. The van der Waals surface area contributed by atoms with Gasteiger partial charge in [0.1, 0.15) is 21.3 Å². The number of nitrogens with zero attached hydrogens (tertiary/aromatic N) is 4. The van der Waals surface area contributed by atoms with Gasteiger partial charge in [0.2, 0.25) is 5.95 Å². The van der Waals surface area contributed by atoms with Crippen molar-refractivity contribution in [3.05, 3.63) is 59.7 Å². The quantitative estimate of drug-likeness (QED) is 0.501. The lowest BCUT2D eigenvalue weighted by Crippen LogP contribution is -2.38. The average molecular weight is 526 g/mol. The van der Waals surface area contributed by atoms with Crippen molar-refractivity contribution in [2.24, 2.45) is 0 Å². The largest absolute Gasteiger partial charge is 0.417 e. The van der Waals surface area contributed by atoms with Crippen LogP contribution in [0.4, 0.5) is 29.3 Å². The van der Waals surface area contributed by atoms with E-state index in [1.807, 2.05) is 0 Å². The molecule has 0 bridgehead atoms. The van der Waals surface area contributed by atoms with E-state index in [1.165, 1.54) is 26.0 Å². The van der Waals surface area contributed by atoms with Crippen molar-refractivity contribution in [2.45, 2.75) is 29.7 Å². The van der Waals surface area contributed by atoms with Crippen LogP contribution in [0.2, 0.25) is 0 Å². The van der Waals surface area contributed by atoms with Gasteiger partial charge in [0, 0.05) is 24.8 Å². The van der Waals surface area contributed by atoms with Crippen molar-refractivity contribution in [3.8, 4) is 11.3 Å². The molecule has 0 amide bonds. The second-order valence-electron chi connectivity index (χ2n) is 8.63. The molecule has 2 N–H and O–H groups in total. The number of rotatable bonds is 5. The second kappa shape index (κ2) is 9.28. The van der Waals surface area contributed by atoms with E-state index in [9.17, 15) is 26.0 Å². The minimum atomic E-state index is -4.79. The number of hydrogen-bond donors (Lipinski definition) is 1. The van der Waals surface area contributed by atoms with Crippen LogP contribution in [0.15, 0.2) is 47.5 Å². The molecular weight excluding hydrogens is 502 g/mol. The number of pyridine rings is 1. The molecule has 3 heterocycles. The number of alkyl halides is 3. The summed E-state index contributed by atoms with van der Waals surface area (Å²) in [5, 5.41) is 0. The maximum absolute atomic E-state index is 14.5. The van der Waals surface area contributed by atoms with E-state index in [0.29, 0.717) is 32.4 Å². The van der Waals surface area contributed by atoms with Gasteiger partial charge >= 0.3 is 6.18 Å². The molecule has 8 nitrogen and oxygen atoms in total. The number of aromatic nitrogens is 3. The highest BCUT2D eigenvalue weighted by atomic mass is 32.2. The molecule has 1 aromatic carbocycles. The molecule has 3 aromatic rings. The summed E-state index contributed by atoms with van der Waals surface area (Å²) in [6, 6.07) is 6.73. The van der Waals surface area contributed by atoms with E-state index in [-0.39, 0.29) is 23.2 Å². The first-order valence-electron chi connectivity index (χ1n) is 10.9. The molecule has 1 aliphatic rings. The molecule has 0 spiro atoms. The number of ether oxygens (including phenoxy) is 1. The average Bonchev–Trinajstić information content (AvgIpc) is 2.83. The smallest absolute Gasteiger partial charge is 0.384 e. The van der Waals surface area contributed by atoms with Crippen LogP contribution in [0, 0.1) is 5.82 Å². The second-order valence-corrected chi connectivity index (χ2v) is 11.1. The maximum Gasteiger partial charge on any atom is 0.417 e. The van der Waals surface area contributed by atoms with Gasteiger partial charge in [-0.25, -0.2) is 27.8 Å². The predicted molar refractivity (Wildman–Crippen MR) is 124 cm³/mol. The van der Waals surface area contributed by atoms with Gasteiger partial charge in [-0.3, -0.25) is 0 Å². The fourth-order valence-corrected chi connectivity index (χ4v) is 5.28. The highest BCUT2D eigenvalue weighted by Crippen LogP contribution is 2.40. The van der Waals surface area contributed by atoms with Gasteiger partial charge in [-0.05, 0) is 38.1 Å². The van der Waals surface area contributed by atoms with Crippen LogP contribution < -0.4 is 10.6 Å². The van der Waals surface area contributed by atoms with Gasteiger partial charge in [-0.2, -0.15) is 13.2 Å². The Morgan fingerprint density at radius 2 is 1.72 bits per heavy atom. The first-order valence-corrected chi connectivity index (χ1v) is 12.3. The van der Waals surface area contributed by atoms with Gasteiger partial charge in [0.25, 0.3) is 0 Å². The number of anilines is 2. The van der Waals surface area contributed by atoms with Crippen molar-refractivity contribution in [2.75, 3.05) is 36.9 Å². The van der Waals surface area contributed by atoms with E-state index in [2.05, 4.69) is 15.0 Å². The van der Waals surface area contributed by atoms with Crippen LogP contribution in [0.25, 0.3) is 11.3 Å². The molecule has 192 valence electrons. The van der Waals surface area contributed by atoms with Crippen LogP contribution >= 0.6 is 0 Å². The number of morpholine rings is 1. The summed E-state index contributed by atoms with van der Waals surface area (Å²) in [5.41, 5.74) is 3.72. The normalized spacial score (nSPS) is 15.2. The molecule has 0 saturated carbocycles. The van der Waals surface area contributed by atoms with Crippen molar-refractivity contribution in [1.82, 2.24) is 15.0 Å². The maximum atomic E-state index is 14.5. The van der Waals surface area contributed by atoms with Gasteiger partial charge < -0.3 is 15.4 Å². The molecule has 2 aromatic heterocycles. The van der Waals surface area contributed by atoms with Crippen LogP contribution in [0.3, 0.4) is 0 Å². The highest BCUT2D eigenvalue weighted by molar-refractivity contribution is 7.92. The Bertz CT molecular complexity index is 1390. The number of hydrogen-bond acceptors (Lipinski definition) is 8. The lowest BCUT2D eigenvalue weighted by molar-refractivity contribution is -0.137. The van der Waals surface area contributed by atoms with Crippen molar-refractivity contribution in [3.63, 3.8) is 0 Å². The predicted octanol–water partition coefficient (Wildman–Crippen LogP) is 3.82. The van der Waals surface area contributed by atoms with Gasteiger partial charge in [-0.1, -0.05) is 12.1 Å². The third kappa shape index (κ3) is 4.72. The Kier molecular flexibility index (Phi) is 6.64. The molecule has 0 atom stereocenters.